The Labute approximate surface area is 154 Å². The summed E-state index contributed by atoms with van der Waals surface area (Å²) in [6.07, 6.45) is 3.50. The van der Waals surface area contributed by atoms with Gasteiger partial charge in [-0.25, -0.2) is 0 Å². The summed E-state index contributed by atoms with van der Waals surface area (Å²) in [5, 5.41) is 4.31. The first-order valence-corrected chi connectivity index (χ1v) is 9.65. The number of H-pyrrole nitrogens is 1. The Kier molecular flexibility index (Phi) is 4.25. The number of carbonyl (C=O) groups excluding carboxylic acids is 2. The lowest BCUT2D eigenvalue weighted by Gasteiger charge is -2.15. The number of aromatic nitrogens is 1. The Balaban J connectivity index is 1.49. The number of aromatic amines is 1. The summed E-state index contributed by atoms with van der Waals surface area (Å²) in [6.45, 7) is 7.46. The molecule has 1 aliphatic heterocycles. The van der Waals surface area contributed by atoms with Gasteiger partial charge in [0.2, 0.25) is 11.8 Å². The van der Waals surface area contributed by atoms with Gasteiger partial charge in [-0.05, 0) is 50.3 Å². The maximum absolute atomic E-state index is 12.6. The highest BCUT2D eigenvalue weighted by Crippen LogP contribution is 2.32. The van der Waals surface area contributed by atoms with Gasteiger partial charge < -0.3 is 15.2 Å². The Morgan fingerprint density at radius 2 is 2.08 bits per heavy atom. The fraction of sp³-hybridized carbons (Fsp3) is 0.524. The van der Waals surface area contributed by atoms with Gasteiger partial charge >= 0.3 is 0 Å². The van der Waals surface area contributed by atoms with Gasteiger partial charge in [0, 0.05) is 36.6 Å². The van der Waals surface area contributed by atoms with Crippen molar-refractivity contribution in [2.45, 2.75) is 59.0 Å². The zero-order chi connectivity index (χ0) is 18.4. The molecular formula is C21H27N3O2. The van der Waals surface area contributed by atoms with Crippen LogP contribution in [0.4, 0.5) is 0 Å². The lowest BCUT2D eigenvalue weighted by Crippen LogP contribution is -2.33. The molecule has 1 aromatic heterocycles. The molecule has 0 unspecified atom stereocenters. The number of likely N-dealkylation sites (tertiary alicyclic amines) is 1. The second-order valence-corrected chi connectivity index (χ2v) is 7.82. The summed E-state index contributed by atoms with van der Waals surface area (Å²) >= 11 is 0. The van der Waals surface area contributed by atoms with Gasteiger partial charge in [0.15, 0.2) is 0 Å². The van der Waals surface area contributed by atoms with Crippen LogP contribution in [-0.2, 0) is 22.6 Å². The summed E-state index contributed by atoms with van der Waals surface area (Å²) in [4.78, 5) is 30.1. The van der Waals surface area contributed by atoms with E-state index in [4.69, 9.17) is 0 Å². The molecule has 2 aliphatic rings. The molecule has 1 saturated heterocycles. The topological polar surface area (TPSA) is 65.2 Å². The summed E-state index contributed by atoms with van der Waals surface area (Å²) < 4.78 is 0. The van der Waals surface area contributed by atoms with E-state index >= 15 is 0 Å². The highest BCUT2D eigenvalue weighted by Gasteiger charge is 2.41. The second kappa shape index (κ2) is 6.45. The minimum atomic E-state index is -0.208. The van der Waals surface area contributed by atoms with Crippen LogP contribution in [0.25, 0.3) is 10.9 Å². The monoisotopic (exact) mass is 353 g/mol. The maximum atomic E-state index is 12.6. The van der Waals surface area contributed by atoms with Crippen LogP contribution in [0.5, 0.6) is 0 Å². The molecule has 138 valence electrons. The summed E-state index contributed by atoms with van der Waals surface area (Å²) in [6, 6.07) is 4.73. The second-order valence-electron chi connectivity index (χ2n) is 7.82. The number of hydrogen-bond donors (Lipinski definition) is 2. The first-order chi connectivity index (χ1) is 12.5. The zero-order valence-corrected chi connectivity index (χ0v) is 15.8. The number of amides is 2. The normalized spacial score (nSPS) is 20.2. The van der Waals surface area contributed by atoms with Crippen LogP contribution in [0.1, 0.15) is 48.6 Å². The van der Waals surface area contributed by atoms with Crippen LogP contribution in [0, 0.1) is 19.8 Å². The minimum Gasteiger partial charge on any atom is -0.358 e. The van der Waals surface area contributed by atoms with E-state index in [2.05, 4.69) is 43.2 Å². The van der Waals surface area contributed by atoms with Crippen molar-refractivity contribution in [3.63, 3.8) is 0 Å². The standard InChI is InChI=1S/C21H27N3O2/c1-4-18-13(3)17-8-12(2)7-14(20(17)23-18)10-22-21(26)15-9-19(25)24(11-15)16-5-6-16/h7-8,15-16,23H,4-6,9-11H2,1-3H3,(H,22,26)/t15-/m0/s1. The van der Waals surface area contributed by atoms with Crippen LogP contribution in [0.2, 0.25) is 0 Å². The molecule has 5 nitrogen and oxygen atoms in total. The molecule has 0 radical (unpaired) electrons. The first kappa shape index (κ1) is 17.1. The number of carbonyl (C=O) groups is 2. The lowest BCUT2D eigenvalue weighted by molar-refractivity contribution is -0.129. The highest BCUT2D eigenvalue weighted by atomic mass is 16.2. The molecule has 0 spiro atoms. The van der Waals surface area contributed by atoms with Gasteiger partial charge in [-0.1, -0.05) is 18.6 Å². The van der Waals surface area contributed by atoms with E-state index < -0.39 is 0 Å². The average Bonchev–Trinajstić information content (AvgIpc) is 3.31. The number of nitrogens with zero attached hydrogens (tertiary/aromatic N) is 1. The lowest BCUT2D eigenvalue weighted by atomic mass is 10.0. The van der Waals surface area contributed by atoms with E-state index in [1.807, 2.05) is 4.90 Å². The molecule has 0 bridgehead atoms. The summed E-state index contributed by atoms with van der Waals surface area (Å²) in [5.74, 6) is -0.0756. The average molecular weight is 353 g/mol. The molecule has 2 aromatic rings. The third-order valence-corrected chi connectivity index (χ3v) is 5.82. The molecule has 2 heterocycles. The molecule has 5 heteroatoms. The molecule has 1 saturated carbocycles. The molecule has 1 aliphatic carbocycles. The van der Waals surface area contributed by atoms with E-state index in [-0.39, 0.29) is 17.7 Å². The molecule has 1 aromatic carbocycles. The SMILES string of the molecule is CCc1[nH]c2c(CNC(=O)[C@H]3CC(=O)N(C4CC4)C3)cc(C)cc2c1C. The predicted molar refractivity (Wildman–Crippen MR) is 102 cm³/mol. The van der Waals surface area contributed by atoms with Gasteiger partial charge in [0.05, 0.1) is 11.4 Å². The van der Waals surface area contributed by atoms with E-state index in [0.29, 0.717) is 25.6 Å². The van der Waals surface area contributed by atoms with Gasteiger partial charge in [0.1, 0.15) is 0 Å². The molecule has 2 fully saturated rings. The van der Waals surface area contributed by atoms with Gasteiger partial charge in [-0.15, -0.1) is 0 Å². The smallest absolute Gasteiger partial charge is 0.225 e. The van der Waals surface area contributed by atoms with Crippen molar-refractivity contribution in [1.29, 1.82) is 0 Å². The highest BCUT2D eigenvalue weighted by molar-refractivity contribution is 5.91. The fourth-order valence-electron chi connectivity index (χ4n) is 4.18. The van der Waals surface area contributed by atoms with Crippen molar-refractivity contribution in [1.82, 2.24) is 15.2 Å². The summed E-state index contributed by atoms with van der Waals surface area (Å²) in [5.41, 5.74) is 5.97. The molecule has 4 rings (SSSR count). The van der Waals surface area contributed by atoms with E-state index in [0.717, 1.165) is 30.3 Å². The van der Waals surface area contributed by atoms with E-state index in [1.165, 1.54) is 22.2 Å². The van der Waals surface area contributed by atoms with Crippen molar-refractivity contribution in [2.75, 3.05) is 6.54 Å². The number of rotatable bonds is 5. The van der Waals surface area contributed by atoms with Gasteiger partial charge in [0.25, 0.3) is 0 Å². The molecule has 2 amide bonds. The quantitative estimate of drug-likeness (QED) is 0.868. The third-order valence-electron chi connectivity index (χ3n) is 5.82. The Morgan fingerprint density at radius 1 is 1.31 bits per heavy atom. The number of benzene rings is 1. The van der Waals surface area contributed by atoms with Crippen LogP contribution in [0.3, 0.4) is 0 Å². The van der Waals surface area contributed by atoms with Crippen molar-refractivity contribution in [2.24, 2.45) is 5.92 Å². The summed E-state index contributed by atoms with van der Waals surface area (Å²) in [7, 11) is 0. The third kappa shape index (κ3) is 3.00. The van der Waals surface area contributed by atoms with Crippen LogP contribution < -0.4 is 5.32 Å². The fourth-order valence-corrected chi connectivity index (χ4v) is 4.18. The number of fused-ring (bicyclic) bond motifs is 1. The van der Waals surface area contributed by atoms with Gasteiger partial charge in [-0.3, -0.25) is 9.59 Å². The molecule has 2 N–H and O–H groups in total. The van der Waals surface area contributed by atoms with Crippen LogP contribution in [-0.4, -0.2) is 34.3 Å². The van der Waals surface area contributed by atoms with Crippen LogP contribution in [0.15, 0.2) is 12.1 Å². The number of aryl methyl sites for hydroxylation is 3. The van der Waals surface area contributed by atoms with Crippen molar-refractivity contribution in [3.8, 4) is 0 Å². The largest absolute Gasteiger partial charge is 0.358 e. The van der Waals surface area contributed by atoms with E-state index in [9.17, 15) is 9.59 Å². The van der Waals surface area contributed by atoms with Crippen molar-refractivity contribution < 1.29 is 9.59 Å². The molecular weight excluding hydrogens is 326 g/mol. The van der Waals surface area contributed by atoms with Crippen molar-refractivity contribution in [3.05, 3.63) is 34.5 Å². The van der Waals surface area contributed by atoms with Crippen molar-refractivity contribution >= 4 is 22.7 Å². The minimum absolute atomic E-state index is 0.00449. The number of hydrogen-bond acceptors (Lipinski definition) is 2. The maximum Gasteiger partial charge on any atom is 0.225 e. The molecule has 1 atom stereocenters. The number of nitrogens with one attached hydrogen (secondary N) is 2. The Morgan fingerprint density at radius 3 is 2.77 bits per heavy atom. The molecule has 26 heavy (non-hydrogen) atoms. The van der Waals surface area contributed by atoms with Gasteiger partial charge in [-0.2, -0.15) is 0 Å². The Hall–Kier alpha value is -2.30. The zero-order valence-electron chi connectivity index (χ0n) is 15.8. The van der Waals surface area contributed by atoms with Crippen LogP contribution >= 0.6 is 0 Å². The first-order valence-electron chi connectivity index (χ1n) is 9.65. The predicted octanol–water partition coefficient (Wildman–Crippen LogP) is 2.97. The van der Waals surface area contributed by atoms with E-state index in [1.54, 1.807) is 0 Å². The Bertz CT molecular complexity index is 879.